The average molecular weight is 485 g/mol. The second-order valence-electron chi connectivity index (χ2n) is 6.91. The van der Waals surface area contributed by atoms with E-state index in [2.05, 4.69) is 19.8 Å². The molecule has 1 aliphatic heterocycles. The first kappa shape index (κ1) is 24.2. The van der Waals surface area contributed by atoms with E-state index in [1.54, 1.807) is 30.3 Å². The molecule has 14 heteroatoms. The van der Waals surface area contributed by atoms with E-state index in [1.807, 2.05) is 0 Å². The Labute approximate surface area is 188 Å². The number of carbonyl (C=O) groups excluding carboxylic acids is 1. The van der Waals surface area contributed by atoms with Crippen molar-refractivity contribution >= 4 is 31.4 Å². The second kappa shape index (κ2) is 10.5. The molecule has 1 aromatic heterocycles. The van der Waals surface area contributed by atoms with Gasteiger partial charge in [-0.3, -0.25) is 13.9 Å². The number of nitrogen functional groups attached to an aromatic ring is 1. The number of esters is 1. The van der Waals surface area contributed by atoms with Gasteiger partial charge in [-0.05, 0) is 19.1 Å². The third-order valence-electron chi connectivity index (χ3n) is 4.54. The smallest absolute Gasteiger partial charge is 0.459 e. The number of ether oxygens (including phenoxy) is 1. The van der Waals surface area contributed by atoms with E-state index in [1.165, 1.54) is 36.7 Å². The molecule has 4 N–H and O–H groups in total. The van der Waals surface area contributed by atoms with Crippen LogP contribution in [0.5, 0.6) is 5.75 Å². The van der Waals surface area contributed by atoms with Crippen molar-refractivity contribution in [3.05, 3.63) is 47.1 Å². The molecule has 5 atom stereocenters. The van der Waals surface area contributed by atoms with Crippen molar-refractivity contribution < 1.29 is 28.3 Å². The number of benzene rings is 1. The predicted octanol–water partition coefficient (Wildman–Crippen LogP) is 0.940. The zero-order chi connectivity index (χ0) is 23.3. The van der Waals surface area contributed by atoms with Crippen LogP contribution < -0.4 is 21.0 Å². The summed E-state index contributed by atoms with van der Waals surface area (Å²) in [5.41, 5.74) is 4.83. The summed E-state index contributed by atoms with van der Waals surface area (Å²) in [6.45, 7) is 1.27. The van der Waals surface area contributed by atoms with Gasteiger partial charge in [0.2, 0.25) is 5.95 Å². The fraction of sp³-hybridized carbons (Fsp3) is 0.444. The molecule has 1 aromatic carbocycles. The first-order valence-electron chi connectivity index (χ1n) is 9.60. The van der Waals surface area contributed by atoms with E-state index in [0.29, 0.717) is 0 Å². The fourth-order valence-electron chi connectivity index (χ4n) is 2.94. The number of hydrogen-bond acceptors (Lipinski definition) is 11. The number of para-hydroxylation sites is 1. The summed E-state index contributed by atoms with van der Waals surface area (Å²) in [6.07, 6.45) is 0.626. The Morgan fingerprint density at radius 2 is 2.16 bits per heavy atom. The van der Waals surface area contributed by atoms with Crippen molar-refractivity contribution in [1.82, 2.24) is 19.6 Å². The van der Waals surface area contributed by atoms with E-state index in [-0.39, 0.29) is 24.7 Å². The molecule has 3 rings (SSSR count). The van der Waals surface area contributed by atoms with Gasteiger partial charge in [0.25, 0.3) is 0 Å². The zero-order valence-corrected chi connectivity index (χ0v) is 19.1. The molecule has 174 valence electrons. The molecule has 1 aliphatic rings. The highest BCUT2D eigenvalue weighted by atomic mass is 32.2. The lowest BCUT2D eigenvalue weighted by Gasteiger charge is -2.24. The van der Waals surface area contributed by atoms with Crippen LogP contribution in [0.2, 0.25) is 0 Å². The molecule has 1 fully saturated rings. The van der Waals surface area contributed by atoms with Gasteiger partial charge in [0.05, 0.1) is 30.4 Å². The van der Waals surface area contributed by atoms with Crippen molar-refractivity contribution in [2.24, 2.45) is 0 Å². The van der Waals surface area contributed by atoms with E-state index >= 15 is 0 Å². The van der Waals surface area contributed by atoms with Gasteiger partial charge in [-0.2, -0.15) is 10.1 Å². The summed E-state index contributed by atoms with van der Waals surface area (Å²) >= 11 is 1.24. The van der Waals surface area contributed by atoms with Gasteiger partial charge in [-0.25, -0.2) is 14.3 Å². The molecule has 12 nitrogen and oxygen atoms in total. The van der Waals surface area contributed by atoms with Crippen LogP contribution >= 0.6 is 19.5 Å². The van der Waals surface area contributed by atoms with E-state index in [4.69, 9.17) is 14.8 Å². The Hall–Kier alpha value is -2.44. The number of nitrogens with zero attached hydrogens (tertiary/aromatic N) is 3. The number of aliphatic hydroxyl groups is 1. The summed E-state index contributed by atoms with van der Waals surface area (Å²) in [7, 11) is -2.83. The monoisotopic (exact) mass is 485 g/mol. The molecule has 0 aliphatic carbocycles. The van der Waals surface area contributed by atoms with Crippen molar-refractivity contribution in [2.45, 2.75) is 36.1 Å². The van der Waals surface area contributed by atoms with Crippen LogP contribution in [0.3, 0.4) is 0 Å². The number of methoxy groups -OCH3 is 1. The number of aliphatic hydroxyl groups excluding tert-OH is 1. The van der Waals surface area contributed by atoms with Crippen LogP contribution in [0.15, 0.2) is 41.5 Å². The molecule has 0 saturated carbocycles. The molecule has 0 radical (unpaired) electrons. The van der Waals surface area contributed by atoms with Gasteiger partial charge in [-0.1, -0.05) is 18.2 Å². The Balaban J connectivity index is 1.71. The van der Waals surface area contributed by atoms with Crippen molar-refractivity contribution in [3.8, 4) is 5.75 Å². The summed E-state index contributed by atoms with van der Waals surface area (Å²) in [5.74, 6) is -0.522. The number of rotatable bonds is 9. The van der Waals surface area contributed by atoms with Crippen LogP contribution in [-0.2, 0) is 18.6 Å². The maximum atomic E-state index is 13.4. The lowest BCUT2D eigenvalue weighted by atomic mass is 10.2. The van der Waals surface area contributed by atoms with Gasteiger partial charge < -0.3 is 20.1 Å². The van der Waals surface area contributed by atoms with Crippen molar-refractivity contribution in [2.75, 3.05) is 19.5 Å². The first-order valence-corrected chi connectivity index (χ1v) is 12.1. The zero-order valence-electron chi connectivity index (χ0n) is 17.4. The molecule has 0 spiro atoms. The number of anilines is 1. The second-order valence-corrected chi connectivity index (χ2v) is 10.0. The summed E-state index contributed by atoms with van der Waals surface area (Å²) in [5, 5.41) is 12.0. The minimum Gasteiger partial charge on any atom is -0.468 e. The number of thioether (sulfide) groups is 1. The SMILES string of the molecule is COC(=O)[C@H](C)NP(=O)(OC[C@H]1S[C@@H](n2cnc(N)nc2=O)C[C@H]1O)Oc1ccccc1. The maximum Gasteiger partial charge on any atom is 0.459 e. The van der Waals surface area contributed by atoms with Crippen LogP contribution in [0.25, 0.3) is 0 Å². The molecule has 1 unspecified atom stereocenters. The van der Waals surface area contributed by atoms with E-state index in [9.17, 15) is 19.3 Å². The van der Waals surface area contributed by atoms with Gasteiger partial charge in [0.15, 0.2) is 0 Å². The van der Waals surface area contributed by atoms with Crippen LogP contribution in [0.1, 0.15) is 18.7 Å². The number of hydrogen-bond donors (Lipinski definition) is 3. The highest BCUT2D eigenvalue weighted by molar-refractivity contribution is 8.00. The quantitative estimate of drug-likeness (QED) is 0.340. The number of nitrogens with one attached hydrogen (secondary N) is 1. The van der Waals surface area contributed by atoms with Gasteiger partial charge in [0.1, 0.15) is 18.1 Å². The molecule has 0 amide bonds. The lowest BCUT2D eigenvalue weighted by molar-refractivity contribution is -0.142. The normalized spacial score (nSPS) is 23.3. The fourth-order valence-corrected chi connectivity index (χ4v) is 5.98. The molecule has 2 heterocycles. The van der Waals surface area contributed by atoms with E-state index in [0.717, 1.165) is 0 Å². The van der Waals surface area contributed by atoms with Crippen LogP contribution in [-0.4, -0.2) is 56.7 Å². The molecular weight excluding hydrogens is 461 g/mol. The van der Waals surface area contributed by atoms with Gasteiger partial charge in [-0.15, -0.1) is 11.8 Å². The van der Waals surface area contributed by atoms with Gasteiger partial charge in [0, 0.05) is 6.42 Å². The largest absolute Gasteiger partial charge is 0.468 e. The standard InChI is InChI=1S/C18H24N5O7PS/c1-11(16(25)28-2)22-31(27,30-12-6-4-3-5-7-12)29-9-14-13(24)8-15(32-14)23-10-20-17(19)21-18(23)26/h3-7,10-11,13-15,24H,8-9H2,1-2H3,(H,22,27)(H2,19,21,26)/t11-,13+,14+,15+,31?/m0/s1. The summed E-state index contributed by atoms with van der Waals surface area (Å²) < 4.78 is 30.4. The van der Waals surface area contributed by atoms with Crippen LogP contribution in [0.4, 0.5) is 5.95 Å². The number of carbonyl (C=O) groups is 1. The molecule has 0 bridgehead atoms. The highest BCUT2D eigenvalue weighted by Gasteiger charge is 2.39. The predicted molar refractivity (Wildman–Crippen MR) is 117 cm³/mol. The van der Waals surface area contributed by atoms with Crippen LogP contribution in [0, 0.1) is 0 Å². The van der Waals surface area contributed by atoms with Gasteiger partial charge >= 0.3 is 19.4 Å². The number of aromatic nitrogens is 3. The Kier molecular flexibility index (Phi) is 7.91. The summed E-state index contributed by atoms with van der Waals surface area (Å²) in [6, 6.07) is 7.34. The van der Waals surface area contributed by atoms with Crippen molar-refractivity contribution in [3.63, 3.8) is 0 Å². The minimum absolute atomic E-state index is 0.139. The summed E-state index contributed by atoms with van der Waals surface area (Å²) in [4.78, 5) is 31.3. The third-order valence-corrected chi connectivity index (χ3v) is 7.72. The molecule has 1 saturated heterocycles. The molecule has 32 heavy (non-hydrogen) atoms. The van der Waals surface area contributed by atoms with E-state index < -0.39 is 42.2 Å². The Morgan fingerprint density at radius 3 is 2.81 bits per heavy atom. The molecule has 2 aromatic rings. The Morgan fingerprint density at radius 1 is 1.44 bits per heavy atom. The third kappa shape index (κ3) is 6.08. The molecular formula is C18H24N5O7PS. The first-order chi connectivity index (χ1) is 15.2. The maximum absolute atomic E-state index is 13.4. The minimum atomic E-state index is -4.04. The average Bonchev–Trinajstić information content (AvgIpc) is 3.12. The highest BCUT2D eigenvalue weighted by Crippen LogP contribution is 2.48. The number of nitrogens with two attached hydrogens (primary N) is 1. The topological polar surface area (TPSA) is 168 Å². The lowest BCUT2D eigenvalue weighted by Crippen LogP contribution is -2.35. The Bertz CT molecular complexity index is 1040. The van der Waals surface area contributed by atoms with Crippen molar-refractivity contribution in [1.29, 1.82) is 0 Å².